The summed E-state index contributed by atoms with van der Waals surface area (Å²) in [5.74, 6) is 0.0363. The summed E-state index contributed by atoms with van der Waals surface area (Å²) < 4.78 is 4.76. The smallest absolute Gasteiger partial charge is 0.338 e. The molecule has 0 aliphatic carbocycles. The molecule has 0 heterocycles. The summed E-state index contributed by atoms with van der Waals surface area (Å²) in [5.41, 5.74) is 1.53. The van der Waals surface area contributed by atoms with Crippen LogP contribution in [0.5, 0.6) is 0 Å². The lowest BCUT2D eigenvalue weighted by molar-refractivity contribution is -0.133. The molecule has 0 aliphatic rings. The average Bonchev–Trinajstić information content (AvgIpc) is 2.26. The molecule has 1 aromatic carbocycles. The molecule has 0 bridgehead atoms. The molecular formula is C13H16O2. The molecule has 2 heteroatoms. The standard InChI is InChI=1S/C13H16O2/c1-10(2)9-12(13(14)15-3)11-7-5-4-6-8-11/h4-10H,1-3H3/b12-9-. The fourth-order valence-electron chi connectivity index (χ4n) is 1.34. The molecule has 15 heavy (non-hydrogen) atoms. The van der Waals surface area contributed by atoms with Gasteiger partial charge in [0.2, 0.25) is 0 Å². The maximum atomic E-state index is 11.6. The first-order valence-electron chi connectivity index (χ1n) is 5.00. The summed E-state index contributed by atoms with van der Waals surface area (Å²) in [7, 11) is 1.40. The highest BCUT2D eigenvalue weighted by atomic mass is 16.5. The number of hydrogen-bond acceptors (Lipinski definition) is 2. The van der Waals surface area contributed by atoms with Gasteiger partial charge in [-0.2, -0.15) is 0 Å². The zero-order chi connectivity index (χ0) is 11.3. The highest BCUT2D eigenvalue weighted by molar-refractivity contribution is 6.16. The Morgan fingerprint density at radius 3 is 2.33 bits per heavy atom. The summed E-state index contributed by atoms with van der Waals surface area (Å²) in [6, 6.07) is 9.56. The van der Waals surface area contributed by atoms with Crippen molar-refractivity contribution >= 4 is 11.5 Å². The van der Waals surface area contributed by atoms with Gasteiger partial charge in [-0.25, -0.2) is 4.79 Å². The van der Waals surface area contributed by atoms with Crippen molar-refractivity contribution in [3.63, 3.8) is 0 Å². The topological polar surface area (TPSA) is 26.3 Å². The van der Waals surface area contributed by atoms with E-state index < -0.39 is 0 Å². The van der Waals surface area contributed by atoms with Gasteiger partial charge in [0.1, 0.15) is 0 Å². The van der Waals surface area contributed by atoms with Gasteiger partial charge >= 0.3 is 5.97 Å². The van der Waals surface area contributed by atoms with E-state index in [1.165, 1.54) is 7.11 Å². The Bertz CT molecular complexity index is 350. The number of carbonyl (C=O) groups excluding carboxylic acids is 1. The summed E-state index contributed by atoms with van der Waals surface area (Å²) in [5, 5.41) is 0. The molecule has 0 spiro atoms. The molecule has 0 N–H and O–H groups in total. The maximum absolute atomic E-state index is 11.6. The maximum Gasteiger partial charge on any atom is 0.338 e. The van der Waals surface area contributed by atoms with Crippen LogP contribution in [0.15, 0.2) is 36.4 Å². The Morgan fingerprint density at radius 2 is 1.87 bits per heavy atom. The van der Waals surface area contributed by atoms with Gasteiger partial charge in [-0.05, 0) is 11.5 Å². The van der Waals surface area contributed by atoms with E-state index in [-0.39, 0.29) is 5.97 Å². The van der Waals surface area contributed by atoms with E-state index in [0.717, 1.165) is 5.56 Å². The average molecular weight is 204 g/mol. The summed E-state index contributed by atoms with van der Waals surface area (Å²) in [4.78, 5) is 11.6. The fourth-order valence-corrected chi connectivity index (χ4v) is 1.34. The van der Waals surface area contributed by atoms with Crippen LogP contribution in [0.1, 0.15) is 19.4 Å². The predicted molar refractivity (Wildman–Crippen MR) is 61.3 cm³/mol. The van der Waals surface area contributed by atoms with Gasteiger partial charge in [0.25, 0.3) is 0 Å². The number of benzene rings is 1. The molecule has 0 saturated carbocycles. The molecule has 1 rings (SSSR count). The summed E-state index contributed by atoms with van der Waals surface area (Å²) >= 11 is 0. The zero-order valence-corrected chi connectivity index (χ0v) is 9.36. The second kappa shape index (κ2) is 5.35. The highest BCUT2D eigenvalue weighted by Crippen LogP contribution is 2.17. The molecule has 80 valence electrons. The van der Waals surface area contributed by atoms with E-state index in [1.807, 2.05) is 50.3 Å². The number of hydrogen-bond donors (Lipinski definition) is 0. The van der Waals surface area contributed by atoms with Crippen molar-refractivity contribution in [2.45, 2.75) is 13.8 Å². The summed E-state index contributed by atoms with van der Waals surface area (Å²) in [6.07, 6.45) is 1.92. The second-order valence-electron chi connectivity index (χ2n) is 3.68. The summed E-state index contributed by atoms with van der Waals surface area (Å²) in [6.45, 7) is 4.07. The molecule has 0 amide bonds. The van der Waals surface area contributed by atoms with Crippen LogP contribution in [0.4, 0.5) is 0 Å². The Balaban J connectivity index is 3.08. The third-order valence-electron chi connectivity index (χ3n) is 1.99. The van der Waals surface area contributed by atoms with E-state index in [0.29, 0.717) is 11.5 Å². The van der Waals surface area contributed by atoms with Gasteiger partial charge in [0, 0.05) is 0 Å². The van der Waals surface area contributed by atoms with Gasteiger partial charge in [0.15, 0.2) is 0 Å². The molecule has 1 aromatic rings. The molecule has 0 fully saturated rings. The lowest BCUT2D eigenvalue weighted by atomic mass is 10.0. The lowest BCUT2D eigenvalue weighted by Gasteiger charge is -2.07. The Labute approximate surface area is 90.6 Å². The minimum Gasteiger partial charge on any atom is -0.465 e. The first kappa shape index (κ1) is 11.5. The minimum absolute atomic E-state index is 0.283. The van der Waals surface area contributed by atoms with Crippen LogP contribution in [0.25, 0.3) is 5.57 Å². The molecule has 0 saturated heterocycles. The predicted octanol–water partition coefficient (Wildman–Crippen LogP) is 2.90. The fraction of sp³-hybridized carbons (Fsp3) is 0.308. The third-order valence-corrected chi connectivity index (χ3v) is 1.99. The zero-order valence-electron chi connectivity index (χ0n) is 9.36. The van der Waals surface area contributed by atoms with Crippen LogP contribution < -0.4 is 0 Å². The van der Waals surface area contributed by atoms with Crippen LogP contribution in [-0.4, -0.2) is 13.1 Å². The molecule has 0 unspecified atom stereocenters. The minimum atomic E-state index is -0.283. The van der Waals surface area contributed by atoms with Gasteiger partial charge in [0.05, 0.1) is 12.7 Å². The van der Waals surface area contributed by atoms with Crippen LogP contribution in [0, 0.1) is 5.92 Å². The van der Waals surface area contributed by atoms with Crippen LogP contribution >= 0.6 is 0 Å². The van der Waals surface area contributed by atoms with Crippen molar-refractivity contribution in [1.29, 1.82) is 0 Å². The van der Waals surface area contributed by atoms with Crippen LogP contribution in [-0.2, 0) is 9.53 Å². The molecule has 0 radical (unpaired) electrons. The van der Waals surface area contributed by atoms with Gasteiger partial charge < -0.3 is 4.74 Å². The number of ether oxygens (including phenoxy) is 1. The normalized spacial score (nSPS) is 11.6. The number of esters is 1. The first-order chi connectivity index (χ1) is 7.15. The molecular weight excluding hydrogens is 188 g/mol. The van der Waals surface area contributed by atoms with Crippen molar-refractivity contribution in [3.05, 3.63) is 42.0 Å². The van der Waals surface area contributed by atoms with Crippen molar-refractivity contribution in [3.8, 4) is 0 Å². The second-order valence-corrected chi connectivity index (χ2v) is 3.68. The van der Waals surface area contributed by atoms with Gasteiger partial charge in [-0.15, -0.1) is 0 Å². The molecule has 0 aromatic heterocycles. The molecule has 2 nitrogen and oxygen atoms in total. The number of carbonyl (C=O) groups is 1. The Kier molecular flexibility index (Phi) is 4.10. The van der Waals surface area contributed by atoms with Crippen LogP contribution in [0.3, 0.4) is 0 Å². The van der Waals surface area contributed by atoms with Crippen molar-refractivity contribution in [2.75, 3.05) is 7.11 Å². The first-order valence-corrected chi connectivity index (χ1v) is 5.00. The van der Waals surface area contributed by atoms with E-state index >= 15 is 0 Å². The molecule has 0 aliphatic heterocycles. The van der Waals surface area contributed by atoms with Crippen molar-refractivity contribution in [1.82, 2.24) is 0 Å². The van der Waals surface area contributed by atoms with Gasteiger partial charge in [-0.3, -0.25) is 0 Å². The number of methoxy groups -OCH3 is 1. The quantitative estimate of drug-likeness (QED) is 0.559. The van der Waals surface area contributed by atoms with E-state index in [1.54, 1.807) is 0 Å². The van der Waals surface area contributed by atoms with Crippen LogP contribution in [0.2, 0.25) is 0 Å². The largest absolute Gasteiger partial charge is 0.465 e. The number of rotatable bonds is 3. The highest BCUT2D eigenvalue weighted by Gasteiger charge is 2.11. The van der Waals surface area contributed by atoms with E-state index in [4.69, 9.17) is 4.74 Å². The Morgan fingerprint density at radius 1 is 1.27 bits per heavy atom. The van der Waals surface area contributed by atoms with E-state index in [9.17, 15) is 4.79 Å². The lowest BCUT2D eigenvalue weighted by Crippen LogP contribution is -2.05. The molecule has 0 atom stereocenters. The Hall–Kier alpha value is -1.57. The van der Waals surface area contributed by atoms with Gasteiger partial charge in [-0.1, -0.05) is 50.3 Å². The van der Waals surface area contributed by atoms with Crippen molar-refractivity contribution < 1.29 is 9.53 Å². The van der Waals surface area contributed by atoms with E-state index in [2.05, 4.69) is 0 Å². The monoisotopic (exact) mass is 204 g/mol. The third kappa shape index (κ3) is 3.24. The SMILES string of the molecule is COC(=O)/C(=C\C(C)C)c1ccccc1. The number of allylic oxidation sites excluding steroid dienone is 1. The van der Waals surface area contributed by atoms with Crippen molar-refractivity contribution in [2.24, 2.45) is 5.92 Å².